The summed E-state index contributed by atoms with van der Waals surface area (Å²) in [6.07, 6.45) is 4.29. The molecule has 1 saturated heterocycles. The Morgan fingerprint density at radius 3 is 2.65 bits per heavy atom. The second kappa shape index (κ2) is 10.5. The van der Waals surface area contributed by atoms with E-state index in [4.69, 9.17) is 9.84 Å². The van der Waals surface area contributed by atoms with Crippen LogP contribution in [0, 0.1) is 5.92 Å². The van der Waals surface area contributed by atoms with Gasteiger partial charge in [-0.1, -0.05) is 26.0 Å². The Hall–Kier alpha value is -1.59. The van der Waals surface area contributed by atoms with Gasteiger partial charge in [-0.2, -0.15) is 0 Å². The Bertz CT molecular complexity index is 545. The number of carbonyl (C=O) groups is 1. The lowest BCUT2D eigenvalue weighted by molar-refractivity contribution is -0.138. The van der Waals surface area contributed by atoms with Gasteiger partial charge in [0.1, 0.15) is 5.75 Å². The molecule has 26 heavy (non-hydrogen) atoms. The first-order valence-electron chi connectivity index (χ1n) is 9.80. The number of ether oxygens (including phenoxy) is 1. The molecule has 1 unspecified atom stereocenters. The van der Waals surface area contributed by atoms with E-state index >= 15 is 0 Å². The number of rotatable bonds is 9. The van der Waals surface area contributed by atoms with Crippen LogP contribution in [0.1, 0.15) is 45.1 Å². The Balaban J connectivity index is 1.78. The summed E-state index contributed by atoms with van der Waals surface area (Å²) >= 11 is 0. The zero-order valence-electron chi connectivity index (χ0n) is 16.5. The summed E-state index contributed by atoms with van der Waals surface area (Å²) in [5.41, 5.74) is 1.30. The van der Waals surface area contributed by atoms with Gasteiger partial charge in [0.2, 0.25) is 0 Å². The zero-order valence-corrected chi connectivity index (χ0v) is 16.5. The highest BCUT2D eigenvalue weighted by atomic mass is 16.5. The van der Waals surface area contributed by atoms with Gasteiger partial charge in [0.05, 0.1) is 13.2 Å². The van der Waals surface area contributed by atoms with Crippen LogP contribution in [0.2, 0.25) is 0 Å². The lowest BCUT2D eigenvalue weighted by Crippen LogP contribution is -2.36. The number of benzene rings is 1. The van der Waals surface area contributed by atoms with Crippen LogP contribution in [0.25, 0.3) is 0 Å². The fourth-order valence-corrected chi connectivity index (χ4v) is 3.44. The molecule has 1 N–H and O–H groups in total. The average Bonchev–Trinajstić information content (AvgIpc) is 2.81. The van der Waals surface area contributed by atoms with E-state index in [1.54, 1.807) is 0 Å². The molecule has 0 spiro atoms. The minimum atomic E-state index is -0.746. The molecule has 5 heteroatoms. The predicted octanol–water partition coefficient (Wildman–Crippen LogP) is 3.48. The van der Waals surface area contributed by atoms with Gasteiger partial charge in [0.15, 0.2) is 0 Å². The highest BCUT2D eigenvalue weighted by Crippen LogP contribution is 2.19. The number of likely N-dealkylation sites (tertiary alicyclic amines) is 1. The third kappa shape index (κ3) is 7.34. The third-order valence-corrected chi connectivity index (χ3v) is 5.09. The Labute approximate surface area is 157 Å². The van der Waals surface area contributed by atoms with Crippen LogP contribution in [0.15, 0.2) is 24.3 Å². The maximum absolute atomic E-state index is 10.9. The lowest BCUT2D eigenvalue weighted by atomic mass is 10.1. The Morgan fingerprint density at radius 1 is 1.27 bits per heavy atom. The summed E-state index contributed by atoms with van der Waals surface area (Å²) in [5.74, 6) is 0.862. The van der Waals surface area contributed by atoms with Gasteiger partial charge in [0.25, 0.3) is 0 Å². The van der Waals surface area contributed by atoms with E-state index in [1.807, 2.05) is 11.9 Å². The standard InChI is InChI=1S/C21H34N2O3/c1-17(2)11-14-26-20-8-6-18(7-9-20)15-23-12-4-5-19(10-13-23)22(3)16-21(24)25/h6-9,17,19H,4-5,10-16H2,1-3H3,(H,24,25). The van der Waals surface area contributed by atoms with Crippen LogP contribution < -0.4 is 4.74 Å². The molecule has 146 valence electrons. The van der Waals surface area contributed by atoms with Crippen molar-refractivity contribution in [1.82, 2.24) is 9.80 Å². The van der Waals surface area contributed by atoms with E-state index < -0.39 is 5.97 Å². The van der Waals surface area contributed by atoms with Crippen molar-refractivity contribution in [3.63, 3.8) is 0 Å². The van der Waals surface area contributed by atoms with Gasteiger partial charge in [-0.15, -0.1) is 0 Å². The number of hydrogen-bond donors (Lipinski definition) is 1. The quantitative estimate of drug-likeness (QED) is 0.729. The van der Waals surface area contributed by atoms with Gasteiger partial charge >= 0.3 is 5.97 Å². The molecule has 0 bridgehead atoms. The number of aliphatic carboxylic acids is 1. The number of nitrogens with zero attached hydrogens (tertiary/aromatic N) is 2. The van der Waals surface area contributed by atoms with Crippen molar-refractivity contribution < 1.29 is 14.6 Å². The van der Waals surface area contributed by atoms with Crippen molar-refractivity contribution in [1.29, 1.82) is 0 Å². The molecule has 0 aromatic heterocycles. The van der Waals surface area contributed by atoms with Crippen molar-refractivity contribution >= 4 is 5.97 Å². The van der Waals surface area contributed by atoms with Crippen LogP contribution in [-0.4, -0.2) is 60.2 Å². The van der Waals surface area contributed by atoms with Crippen LogP contribution in [0.4, 0.5) is 0 Å². The smallest absolute Gasteiger partial charge is 0.317 e. The van der Waals surface area contributed by atoms with Crippen LogP contribution in [0.5, 0.6) is 5.75 Å². The topological polar surface area (TPSA) is 53.0 Å². The summed E-state index contributed by atoms with van der Waals surface area (Å²) < 4.78 is 5.79. The Kier molecular flexibility index (Phi) is 8.39. The SMILES string of the molecule is CC(C)CCOc1ccc(CN2CCCC(N(C)CC(=O)O)CC2)cc1. The summed E-state index contributed by atoms with van der Waals surface area (Å²) in [4.78, 5) is 15.4. The molecular formula is C21H34N2O3. The molecule has 1 atom stereocenters. The molecule has 2 rings (SSSR count). The maximum atomic E-state index is 10.9. The monoisotopic (exact) mass is 362 g/mol. The van der Waals surface area contributed by atoms with E-state index in [1.165, 1.54) is 5.56 Å². The maximum Gasteiger partial charge on any atom is 0.317 e. The molecule has 0 radical (unpaired) electrons. The summed E-state index contributed by atoms with van der Waals surface area (Å²) in [5, 5.41) is 8.97. The van der Waals surface area contributed by atoms with Crippen molar-refractivity contribution in [2.75, 3.05) is 33.3 Å². The number of likely N-dealkylation sites (N-methyl/N-ethyl adjacent to an activating group) is 1. The van der Waals surface area contributed by atoms with E-state index in [9.17, 15) is 4.79 Å². The molecule has 1 aromatic carbocycles. The van der Waals surface area contributed by atoms with Crippen molar-refractivity contribution in [3.8, 4) is 5.75 Å². The molecular weight excluding hydrogens is 328 g/mol. The third-order valence-electron chi connectivity index (χ3n) is 5.09. The summed E-state index contributed by atoms with van der Waals surface area (Å²) in [6, 6.07) is 8.81. The molecule has 1 aromatic rings. The molecule has 0 amide bonds. The fourth-order valence-electron chi connectivity index (χ4n) is 3.44. The normalized spacial score (nSPS) is 18.9. The van der Waals surface area contributed by atoms with E-state index in [0.717, 1.165) is 57.7 Å². The van der Waals surface area contributed by atoms with Crippen LogP contribution in [0.3, 0.4) is 0 Å². The molecule has 1 fully saturated rings. The number of carboxylic acids is 1. The number of hydrogen-bond acceptors (Lipinski definition) is 4. The highest BCUT2D eigenvalue weighted by Gasteiger charge is 2.21. The Morgan fingerprint density at radius 2 is 2.00 bits per heavy atom. The van der Waals surface area contributed by atoms with Crippen molar-refractivity contribution in [2.45, 2.75) is 52.1 Å². The van der Waals surface area contributed by atoms with Crippen molar-refractivity contribution in [2.24, 2.45) is 5.92 Å². The van der Waals surface area contributed by atoms with Gasteiger partial charge in [-0.05, 0) is 69.4 Å². The second-order valence-electron chi connectivity index (χ2n) is 7.84. The molecule has 0 saturated carbocycles. The minimum Gasteiger partial charge on any atom is -0.494 e. The fraction of sp³-hybridized carbons (Fsp3) is 0.667. The van der Waals surface area contributed by atoms with Crippen LogP contribution in [-0.2, 0) is 11.3 Å². The zero-order chi connectivity index (χ0) is 18.9. The van der Waals surface area contributed by atoms with Gasteiger partial charge in [0, 0.05) is 12.6 Å². The highest BCUT2D eigenvalue weighted by molar-refractivity contribution is 5.69. The number of carboxylic acid groups (broad SMARTS) is 1. The molecule has 0 aliphatic carbocycles. The van der Waals surface area contributed by atoms with E-state index in [0.29, 0.717) is 12.0 Å². The predicted molar refractivity (Wildman–Crippen MR) is 105 cm³/mol. The van der Waals surface area contributed by atoms with Crippen molar-refractivity contribution in [3.05, 3.63) is 29.8 Å². The molecule has 1 aliphatic rings. The van der Waals surface area contributed by atoms with Gasteiger partial charge in [-0.3, -0.25) is 14.6 Å². The molecule has 1 heterocycles. The average molecular weight is 363 g/mol. The largest absolute Gasteiger partial charge is 0.494 e. The lowest BCUT2D eigenvalue weighted by Gasteiger charge is -2.25. The first-order valence-corrected chi connectivity index (χ1v) is 9.80. The first-order chi connectivity index (χ1) is 12.4. The summed E-state index contributed by atoms with van der Waals surface area (Å²) in [6.45, 7) is 8.35. The van der Waals surface area contributed by atoms with E-state index in [2.05, 4.69) is 43.0 Å². The van der Waals surface area contributed by atoms with E-state index in [-0.39, 0.29) is 6.54 Å². The molecule has 5 nitrogen and oxygen atoms in total. The molecule has 1 aliphatic heterocycles. The van der Waals surface area contributed by atoms with Crippen LogP contribution >= 0.6 is 0 Å². The first kappa shape index (κ1) is 20.7. The second-order valence-corrected chi connectivity index (χ2v) is 7.84. The summed E-state index contributed by atoms with van der Waals surface area (Å²) in [7, 11) is 1.92. The van der Waals surface area contributed by atoms with Gasteiger partial charge < -0.3 is 9.84 Å². The minimum absolute atomic E-state index is 0.128. The van der Waals surface area contributed by atoms with Gasteiger partial charge in [-0.25, -0.2) is 0 Å².